The van der Waals surface area contributed by atoms with Crippen LogP contribution in [0, 0.1) is 17.8 Å². The molecule has 3 aliphatic heterocycles. The summed E-state index contributed by atoms with van der Waals surface area (Å²) in [5.74, 6) is -2.07. The van der Waals surface area contributed by atoms with E-state index in [1.54, 1.807) is 86.9 Å². The van der Waals surface area contributed by atoms with Crippen molar-refractivity contribution in [2.24, 2.45) is 17.8 Å². The van der Waals surface area contributed by atoms with Crippen LogP contribution in [0.1, 0.15) is 108 Å². The third kappa shape index (κ3) is 9.48. The smallest absolute Gasteiger partial charge is 0.410 e. The molecule has 0 spiro atoms. The van der Waals surface area contributed by atoms with Crippen molar-refractivity contribution < 1.29 is 43.0 Å². The molecule has 14 nitrogen and oxygen atoms in total. The first kappa shape index (κ1) is 42.6. The normalized spacial score (nSPS) is 20.7. The molecular weight excluding hydrogens is 743 g/mol. The molecule has 2 aromatic carbocycles. The fraction of sp³-hybridized carbons (Fsp3) is 0.591. The zero-order chi connectivity index (χ0) is 42.1. The quantitative estimate of drug-likeness (QED) is 0.233. The summed E-state index contributed by atoms with van der Waals surface area (Å²) in [6, 6.07) is 11.7. The Morgan fingerprint density at radius 1 is 0.948 bits per heavy atom. The van der Waals surface area contributed by atoms with Gasteiger partial charge in [-0.25, -0.2) is 4.79 Å². The van der Waals surface area contributed by atoms with Crippen LogP contribution in [-0.2, 0) is 23.9 Å². The summed E-state index contributed by atoms with van der Waals surface area (Å²) in [5, 5.41) is 3.15. The lowest BCUT2D eigenvalue weighted by molar-refractivity contribution is -0.133. The van der Waals surface area contributed by atoms with E-state index in [1.165, 1.54) is 9.80 Å². The molecule has 2 fully saturated rings. The van der Waals surface area contributed by atoms with Crippen LogP contribution in [0.15, 0.2) is 42.5 Å². The van der Waals surface area contributed by atoms with Crippen molar-refractivity contribution in [3.05, 3.63) is 53.6 Å². The summed E-state index contributed by atoms with van der Waals surface area (Å²) in [4.78, 5) is 88.4. The predicted octanol–water partition coefficient (Wildman–Crippen LogP) is 5.81. The monoisotopic (exact) mass is 801 g/mol. The average Bonchev–Trinajstić information content (AvgIpc) is 3.97. The Balaban J connectivity index is 1.24. The summed E-state index contributed by atoms with van der Waals surface area (Å²) in [6.07, 6.45) is 2.23. The first-order valence-electron chi connectivity index (χ1n) is 20.7. The maximum atomic E-state index is 14.8. The van der Waals surface area contributed by atoms with E-state index in [0.29, 0.717) is 60.2 Å². The van der Waals surface area contributed by atoms with Crippen molar-refractivity contribution in [1.82, 2.24) is 15.1 Å². The van der Waals surface area contributed by atoms with Gasteiger partial charge < -0.3 is 34.2 Å². The molecule has 1 saturated carbocycles. The van der Waals surface area contributed by atoms with Crippen LogP contribution < -0.4 is 19.9 Å². The highest BCUT2D eigenvalue weighted by atomic mass is 16.6. The van der Waals surface area contributed by atoms with Crippen LogP contribution >= 0.6 is 0 Å². The van der Waals surface area contributed by atoms with Gasteiger partial charge in [0.2, 0.25) is 11.8 Å². The van der Waals surface area contributed by atoms with E-state index < -0.39 is 29.1 Å². The van der Waals surface area contributed by atoms with Crippen molar-refractivity contribution in [3.63, 3.8) is 0 Å². The summed E-state index contributed by atoms with van der Waals surface area (Å²) in [6.45, 7) is 16.2. The number of carbonyl (C=O) groups excluding carboxylic acids is 6. The first-order chi connectivity index (χ1) is 27.4. The second-order valence-corrected chi connectivity index (χ2v) is 17.8. The maximum Gasteiger partial charge on any atom is 0.410 e. The average molecular weight is 802 g/mol. The van der Waals surface area contributed by atoms with E-state index in [2.05, 4.69) is 19.2 Å². The van der Waals surface area contributed by atoms with E-state index >= 15 is 0 Å². The van der Waals surface area contributed by atoms with Crippen LogP contribution in [0.5, 0.6) is 5.75 Å². The molecule has 0 aromatic heterocycles. The van der Waals surface area contributed by atoms with Gasteiger partial charge in [-0.2, -0.15) is 0 Å². The van der Waals surface area contributed by atoms with E-state index in [0.717, 1.165) is 12.8 Å². The van der Waals surface area contributed by atoms with Gasteiger partial charge in [0.1, 0.15) is 11.4 Å². The molecule has 0 unspecified atom stereocenters. The number of nitrogens with one attached hydrogen (secondary N) is 1. The Hall–Kier alpha value is -4.98. The lowest BCUT2D eigenvalue weighted by Crippen LogP contribution is -2.55. The lowest BCUT2D eigenvalue weighted by atomic mass is 9.87. The molecule has 0 radical (unpaired) electrons. The van der Waals surface area contributed by atoms with Gasteiger partial charge >= 0.3 is 6.09 Å². The number of carbonyl (C=O) groups is 6. The van der Waals surface area contributed by atoms with Gasteiger partial charge in [0, 0.05) is 44.5 Å². The van der Waals surface area contributed by atoms with Gasteiger partial charge in [0.15, 0.2) is 5.60 Å². The molecule has 14 heteroatoms. The highest BCUT2D eigenvalue weighted by molar-refractivity contribution is 6.21. The lowest BCUT2D eigenvalue weighted by Gasteiger charge is -2.41. The standard InChI is InChI=1S/C44H59N5O9/c1-9-56-26-30(21-27(2)3)45-37(50)28-22-29(25-46(24-28)42(55)58-43(4,5)6)38(51)49(31-15-16-31)32-17-18-36-35(23-32)47(41(54)44(7,8)57-36)19-12-20-48-39(52)33-13-10-11-14-34(33)40(48)53/h10-11,13-14,17-18,23,27-31H,9,12,15-16,19-22,24-26H2,1-8H3,(H,45,50)/t28-,29+,30+/m0/s1. The molecule has 3 atom stereocenters. The van der Waals surface area contributed by atoms with Crippen LogP contribution in [0.2, 0.25) is 0 Å². The number of anilines is 2. The third-order valence-electron chi connectivity index (χ3n) is 10.9. The third-order valence-corrected chi connectivity index (χ3v) is 10.9. The van der Waals surface area contributed by atoms with E-state index in [1.807, 2.05) is 6.92 Å². The summed E-state index contributed by atoms with van der Waals surface area (Å²) < 4.78 is 17.6. The minimum Gasteiger partial charge on any atom is -0.476 e. The Kier molecular flexibility index (Phi) is 12.6. The van der Waals surface area contributed by atoms with Crippen LogP contribution in [0.3, 0.4) is 0 Å². The van der Waals surface area contributed by atoms with Crippen LogP contribution in [0.4, 0.5) is 16.2 Å². The Labute approximate surface area is 341 Å². The second kappa shape index (κ2) is 17.1. The van der Waals surface area contributed by atoms with Gasteiger partial charge in [-0.05, 0) is 110 Å². The van der Waals surface area contributed by atoms with Gasteiger partial charge in [0.25, 0.3) is 17.7 Å². The minimum absolute atomic E-state index is 0.0831. The summed E-state index contributed by atoms with van der Waals surface area (Å²) in [5.41, 5.74) is -0.185. The predicted molar refractivity (Wildman–Crippen MR) is 218 cm³/mol. The number of likely N-dealkylation sites (tertiary alicyclic amines) is 1. The van der Waals surface area contributed by atoms with Crippen molar-refractivity contribution in [2.45, 2.75) is 111 Å². The Bertz CT molecular complexity index is 1880. The van der Waals surface area contributed by atoms with Crippen molar-refractivity contribution in [3.8, 4) is 5.75 Å². The summed E-state index contributed by atoms with van der Waals surface area (Å²) >= 11 is 0. The molecule has 314 valence electrons. The van der Waals surface area contributed by atoms with Gasteiger partial charge in [-0.3, -0.25) is 28.9 Å². The first-order valence-corrected chi connectivity index (χ1v) is 20.7. The van der Waals surface area contributed by atoms with Gasteiger partial charge in [-0.15, -0.1) is 0 Å². The van der Waals surface area contributed by atoms with E-state index in [9.17, 15) is 28.8 Å². The topological polar surface area (TPSA) is 155 Å². The highest BCUT2D eigenvalue weighted by Gasteiger charge is 2.46. The van der Waals surface area contributed by atoms with Crippen molar-refractivity contribution in [2.75, 3.05) is 49.2 Å². The molecule has 1 aliphatic carbocycles. The summed E-state index contributed by atoms with van der Waals surface area (Å²) in [7, 11) is 0. The van der Waals surface area contributed by atoms with Gasteiger partial charge in [-0.1, -0.05) is 26.0 Å². The number of hydrogen-bond donors (Lipinski definition) is 1. The molecule has 4 aliphatic rings. The number of piperidine rings is 1. The molecule has 6 rings (SSSR count). The fourth-order valence-electron chi connectivity index (χ4n) is 8.06. The molecule has 0 bridgehead atoms. The van der Waals surface area contributed by atoms with Crippen molar-refractivity contribution in [1.29, 1.82) is 0 Å². The number of rotatable bonds is 14. The number of amides is 6. The SMILES string of the molecule is CCOC[C@@H](CC(C)C)NC(=O)[C@H]1C[C@@H](C(=O)N(c2ccc3c(c2)N(CCCN2C(=O)c4ccccc4C2=O)C(=O)C(C)(C)O3)C2CC2)CN(C(=O)OC(C)(C)C)C1. The number of imide groups is 1. The Morgan fingerprint density at radius 2 is 1.59 bits per heavy atom. The second-order valence-electron chi connectivity index (χ2n) is 17.8. The van der Waals surface area contributed by atoms with Crippen LogP contribution in [-0.4, -0.2) is 108 Å². The number of fused-ring (bicyclic) bond motifs is 2. The molecule has 1 saturated heterocycles. The van der Waals surface area contributed by atoms with E-state index in [4.69, 9.17) is 14.2 Å². The number of nitrogens with zero attached hydrogens (tertiary/aromatic N) is 4. The molecule has 3 heterocycles. The molecular formula is C44H59N5O9. The van der Waals surface area contributed by atoms with Gasteiger partial charge in [0.05, 0.1) is 41.3 Å². The molecule has 2 aromatic rings. The number of benzene rings is 2. The zero-order valence-electron chi connectivity index (χ0n) is 35.2. The molecule has 1 N–H and O–H groups in total. The van der Waals surface area contributed by atoms with E-state index in [-0.39, 0.29) is 74.2 Å². The molecule has 58 heavy (non-hydrogen) atoms. The van der Waals surface area contributed by atoms with Crippen molar-refractivity contribution >= 4 is 47.0 Å². The number of hydrogen-bond acceptors (Lipinski definition) is 9. The highest BCUT2D eigenvalue weighted by Crippen LogP contribution is 2.43. The Morgan fingerprint density at radius 3 is 2.19 bits per heavy atom. The zero-order valence-corrected chi connectivity index (χ0v) is 35.2. The minimum atomic E-state index is -1.18. The fourth-order valence-corrected chi connectivity index (χ4v) is 8.06. The number of ether oxygens (including phenoxy) is 3. The largest absolute Gasteiger partial charge is 0.476 e. The maximum absolute atomic E-state index is 14.8. The molecule has 6 amide bonds. The van der Waals surface area contributed by atoms with Crippen LogP contribution in [0.25, 0.3) is 0 Å².